The van der Waals surface area contributed by atoms with Crippen LogP contribution in [-0.2, 0) is 21.3 Å². The number of hydrogen-bond donors (Lipinski definition) is 0. The van der Waals surface area contributed by atoms with Crippen LogP contribution in [0.4, 0.5) is 8.78 Å². The molecule has 132 valence electrons. The topological polar surface area (TPSA) is 0 Å². The molecule has 1 saturated carbocycles. The molecule has 0 N–H and O–H groups in total. The Bertz CT molecular complexity index is 918. The van der Waals surface area contributed by atoms with Crippen LogP contribution < -0.4 is 24.8 Å². The monoisotopic (exact) mass is 466 g/mol. The third-order valence-corrected chi connectivity index (χ3v) is 13.9. The van der Waals surface area contributed by atoms with Crippen molar-refractivity contribution in [2.75, 3.05) is 0 Å². The van der Waals surface area contributed by atoms with Gasteiger partial charge >= 0.3 is 148 Å². The van der Waals surface area contributed by atoms with Gasteiger partial charge in [0, 0.05) is 0 Å². The quantitative estimate of drug-likeness (QED) is 0.556. The van der Waals surface area contributed by atoms with Crippen LogP contribution in [0.5, 0.6) is 0 Å². The van der Waals surface area contributed by atoms with E-state index in [1.807, 2.05) is 12.1 Å². The van der Waals surface area contributed by atoms with E-state index >= 15 is 0 Å². The first-order valence-corrected chi connectivity index (χ1v) is 12.3. The Hall–Kier alpha value is -0.887. The Labute approximate surface area is 172 Å². The maximum absolute atomic E-state index is 13.9. The molecule has 5 rings (SSSR count). The Morgan fingerprint density at radius 3 is 1.88 bits per heavy atom. The SMILES string of the molecule is Fc1ccc2c(c1)-c1cc(F)ccc1[CH]2[Zr+2]([C]1=CC=CC1)=[C]1CC1.[Cl-].[Cl-]. The van der Waals surface area contributed by atoms with Crippen LogP contribution in [-0.4, -0.2) is 3.21 Å². The Morgan fingerprint density at radius 1 is 0.846 bits per heavy atom. The van der Waals surface area contributed by atoms with Gasteiger partial charge < -0.3 is 24.8 Å². The van der Waals surface area contributed by atoms with Crippen LogP contribution in [0.2, 0.25) is 0 Å². The molecule has 0 saturated heterocycles. The van der Waals surface area contributed by atoms with Crippen molar-refractivity contribution in [1.29, 1.82) is 0 Å². The van der Waals surface area contributed by atoms with Crippen LogP contribution in [0.1, 0.15) is 34.0 Å². The van der Waals surface area contributed by atoms with Crippen LogP contribution in [0.15, 0.2) is 57.9 Å². The van der Waals surface area contributed by atoms with Crippen LogP contribution in [0.25, 0.3) is 11.1 Å². The van der Waals surface area contributed by atoms with E-state index in [1.54, 1.807) is 30.8 Å². The van der Waals surface area contributed by atoms with Crippen LogP contribution in [0.3, 0.4) is 0 Å². The molecule has 26 heavy (non-hydrogen) atoms. The van der Waals surface area contributed by atoms with E-state index in [0.29, 0.717) is 3.63 Å². The first-order chi connectivity index (χ1) is 11.7. The zero-order chi connectivity index (χ0) is 16.3. The minimum Gasteiger partial charge on any atom is -1.00 e. The van der Waals surface area contributed by atoms with Gasteiger partial charge in [0.1, 0.15) is 0 Å². The molecule has 0 aliphatic heterocycles. The van der Waals surface area contributed by atoms with Crippen LogP contribution >= 0.6 is 0 Å². The van der Waals surface area contributed by atoms with Crippen molar-refractivity contribution in [2.24, 2.45) is 0 Å². The Balaban J connectivity index is 0.000000980. The van der Waals surface area contributed by atoms with Gasteiger partial charge in [-0.2, -0.15) is 0 Å². The van der Waals surface area contributed by atoms with Crippen molar-refractivity contribution in [3.63, 3.8) is 0 Å². The second kappa shape index (κ2) is 7.62. The van der Waals surface area contributed by atoms with E-state index in [9.17, 15) is 8.78 Å². The van der Waals surface area contributed by atoms with E-state index in [0.717, 1.165) is 17.5 Å². The third-order valence-electron chi connectivity index (χ3n) is 5.23. The van der Waals surface area contributed by atoms with Gasteiger partial charge in [-0.05, 0) is 0 Å². The maximum atomic E-state index is 13.9. The zero-order valence-electron chi connectivity index (χ0n) is 13.9. The smallest absolute Gasteiger partial charge is 1.00 e. The third kappa shape index (κ3) is 3.23. The summed E-state index contributed by atoms with van der Waals surface area (Å²) < 4.78 is 31.5. The van der Waals surface area contributed by atoms with Gasteiger partial charge in [-0.15, -0.1) is 0 Å². The normalized spacial score (nSPS) is 16.0. The van der Waals surface area contributed by atoms with E-state index < -0.39 is 21.3 Å². The molecule has 3 aliphatic carbocycles. The first-order valence-electron chi connectivity index (χ1n) is 8.39. The number of fused-ring (bicyclic) bond motifs is 3. The van der Waals surface area contributed by atoms with Crippen molar-refractivity contribution in [3.8, 4) is 11.1 Å². The van der Waals surface area contributed by atoms with Crippen molar-refractivity contribution < 1.29 is 54.9 Å². The maximum Gasteiger partial charge on any atom is -1.00 e. The minimum absolute atomic E-state index is 0. The molecule has 0 unspecified atom stereocenters. The molecule has 1 fully saturated rings. The van der Waals surface area contributed by atoms with Crippen molar-refractivity contribution in [3.05, 3.63) is 80.7 Å². The summed E-state index contributed by atoms with van der Waals surface area (Å²) >= 11 is -2.04. The summed E-state index contributed by atoms with van der Waals surface area (Å²) in [5.41, 5.74) is 4.25. The number of hydrogen-bond acceptors (Lipinski definition) is 0. The second-order valence-electron chi connectivity index (χ2n) is 6.74. The molecule has 2 aromatic carbocycles. The summed E-state index contributed by atoms with van der Waals surface area (Å²) in [6.45, 7) is 0. The van der Waals surface area contributed by atoms with Gasteiger partial charge in [-0.3, -0.25) is 0 Å². The summed E-state index contributed by atoms with van der Waals surface area (Å²) in [6, 6.07) is 10.2. The molecule has 0 atom stereocenters. The molecule has 0 amide bonds. The molecule has 0 bridgehead atoms. The number of rotatable bonds is 2. The van der Waals surface area contributed by atoms with Gasteiger partial charge in [0.25, 0.3) is 0 Å². The molecule has 0 spiro atoms. The van der Waals surface area contributed by atoms with Crippen molar-refractivity contribution in [2.45, 2.75) is 22.9 Å². The van der Waals surface area contributed by atoms with Crippen LogP contribution in [0, 0.1) is 11.6 Å². The standard InChI is InChI=1S/C13H7F2.C5H5.C3H4.2ClH.Zr/c14-10-3-1-8-5-9-2-4-11(15)7-13(9)12(8)6-10;1-2-4-5-3-1;1-2-3-1;;;/h1-7H;1-3H,4H2;1-2H2;2*1H;/q;;;;;+2/p-2. The zero-order valence-corrected chi connectivity index (χ0v) is 17.9. The molecule has 0 radical (unpaired) electrons. The molecule has 0 nitrogen and oxygen atoms in total. The van der Waals surface area contributed by atoms with E-state index in [1.165, 1.54) is 24.0 Å². The van der Waals surface area contributed by atoms with Gasteiger partial charge in [0.05, 0.1) is 0 Å². The average Bonchev–Trinajstić information content (AvgIpc) is 3.17. The molecular formula is C21H16Cl2F2Zr. The molecular weight excluding hydrogens is 452 g/mol. The van der Waals surface area contributed by atoms with Crippen molar-refractivity contribution in [1.82, 2.24) is 0 Å². The largest absolute Gasteiger partial charge is 1.00 e. The number of halogens is 4. The van der Waals surface area contributed by atoms with Gasteiger partial charge in [0.15, 0.2) is 0 Å². The number of allylic oxidation sites excluding steroid dienone is 4. The van der Waals surface area contributed by atoms with E-state index in [4.69, 9.17) is 0 Å². The predicted molar refractivity (Wildman–Crippen MR) is 89.7 cm³/mol. The fourth-order valence-corrected chi connectivity index (χ4v) is 13.0. The fraction of sp³-hybridized carbons (Fsp3) is 0.190. The Morgan fingerprint density at radius 2 is 1.42 bits per heavy atom. The molecule has 0 heterocycles. The Kier molecular flexibility index (Phi) is 5.82. The van der Waals surface area contributed by atoms with E-state index in [2.05, 4.69) is 18.2 Å². The van der Waals surface area contributed by atoms with Gasteiger partial charge in [-0.1, -0.05) is 0 Å². The first kappa shape index (κ1) is 19.9. The summed E-state index contributed by atoms with van der Waals surface area (Å²) in [5, 5.41) is 0. The summed E-state index contributed by atoms with van der Waals surface area (Å²) in [6.07, 6.45) is 10.3. The second-order valence-corrected chi connectivity index (χ2v) is 13.5. The van der Waals surface area contributed by atoms with E-state index in [-0.39, 0.29) is 36.4 Å². The molecule has 0 aromatic heterocycles. The minimum atomic E-state index is -2.04. The van der Waals surface area contributed by atoms with Gasteiger partial charge in [-0.25, -0.2) is 0 Å². The molecule has 2 aromatic rings. The average molecular weight is 468 g/mol. The molecule has 5 heteroatoms. The number of benzene rings is 2. The summed E-state index contributed by atoms with van der Waals surface area (Å²) in [7, 11) is 0. The summed E-state index contributed by atoms with van der Waals surface area (Å²) in [4.78, 5) is 0. The predicted octanol–water partition coefficient (Wildman–Crippen LogP) is -0.529. The fourth-order valence-electron chi connectivity index (χ4n) is 4.10. The van der Waals surface area contributed by atoms with Crippen molar-refractivity contribution >= 4 is 3.21 Å². The summed E-state index contributed by atoms with van der Waals surface area (Å²) in [5.74, 6) is -0.480. The van der Waals surface area contributed by atoms with Gasteiger partial charge in [0.2, 0.25) is 0 Å². The molecule has 3 aliphatic rings.